The first-order valence-electron chi connectivity index (χ1n) is 29.1. The molecular weight excluding hydrogens is 1740 g/mol. The predicted octanol–water partition coefficient (Wildman–Crippen LogP) is 26.5. The van der Waals surface area contributed by atoms with Gasteiger partial charge in [-0.05, 0) is 77.6 Å². The first kappa shape index (κ1) is 126. The zero-order valence-electron chi connectivity index (χ0n) is 54.1. The van der Waals surface area contributed by atoms with E-state index in [4.69, 9.17) is 5.11 Å². The Morgan fingerprint density at radius 1 is 0.250 bits per heavy atom. The highest BCUT2D eigenvalue weighted by atomic mass is 32.2. The summed E-state index contributed by atoms with van der Waals surface area (Å²) < 4.78 is -3.07. The largest absolute Gasteiger partial charge is 0.371 e. The number of unbranched alkanes of at least 4 members (excludes halogenated alkanes) is 7. The van der Waals surface area contributed by atoms with Crippen LogP contribution in [0.5, 0.6) is 0 Å². The van der Waals surface area contributed by atoms with E-state index in [0.29, 0.717) is 9.16 Å². The molecule has 0 aromatic rings. The van der Waals surface area contributed by atoms with Gasteiger partial charge in [0.15, 0.2) is 0 Å². The van der Waals surface area contributed by atoms with Crippen molar-refractivity contribution in [2.75, 3.05) is 0 Å². The summed E-state index contributed by atoms with van der Waals surface area (Å²) in [7, 11) is 0. The highest BCUT2D eigenvalue weighted by Crippen LogP contribution is 2.37. The highest BCUT2D eigenvalue weighted by Gasteiger charge is 2.24. The van der Waals surface area contributed by atoms with E-state index in [-0.39, 0.29) is 38.6 Å². The lowest BCUT2D eigenvalue weighted by molar-refractivity contribution is 0.256. The Kier molecular flexibility index (Phi) is 119. The van der Waals surface area contributed by atoms with Crippen LogP contribution in [0.3, 0.4) is 0 Å². The Morgan fingerprint density at radius 2 is 0.500 bits per heavy atom. The van der Waals surface area contributed by atoms with E-state index in [9.17, 15) is 0 Å². The minimum Gasteiger partial charge on any atom is -0.371 e. The topological polar surface area (TPSA) is 20.2 Å². The van der Waals surface area contributed by atoms with Crippen molar-refractivity contribution in [2.45, 2.75) is 312 Å². The molecule has 0 heterocycles. The summed E-state index contributed by atoms with van der Waals surface area (Å²) in [5, 5.41) is 8.69. The third-order valence-electron chi connectivity index (χ3n) is 8.96. The molecule has 0 bridgehead atoms. The Morgan fingerprint density at radius 3 is 0.636 bits per heavy atom. The third kappa shape index (κ3) is 183. The summed E-state index contributed by atoms with van der Waals surface area (Å²) in [6, 6.07) is 0. The van der Waals surface area contributed by atoms with Gasteiger partial charge >= 0.3 is 0 Å². The van der Waals surface area contributed by atoms with Crippen molar-refractivity contribution in [1.29, 1.82) is 0 Å². The van der Waals surface area contributed by atoms with Crippen LogP contribution in [0.15, 0.2) is 0 Å². The van der Waals surface area contributed by atoms with E-state index in [2.05, 4.69) is 485 Å². The second-order valence-electron chi connectivity index (χ2n) is 19.4. The van der Waals surface area contributed by atoms with Crippen LogP contribution in [0, 0.1) is 0 Å². The predicted molar refractivity (Wildman–Crippen MR) is 544 cm³/mol. The quantitative estimate of drug-likeness (QED) is 0.0205. The van der Waals surface area contributed by atoms with Gasteiger partial charge in [-0.2, -0.15) is 404 Å². The smallest absolute Gasteiger partial charge is 0.148 e. The van der Waals surface area contributed by atoms with Crippen molar-refractivity contribution >= 4 is 429 Å². The average Bonchev–Trinajstić information content (AvgIpc) is 3.33. The fourth-order valence-corrected chi connectivity index (χ4v) is 8.54. The maximum atomic E-state index is 8.25. The van der Waals surface area contributed by atoms with E-state index < -0.39 is 14.5 Å². The van der Waals surface area contributed by atoms with Crippen LogP contribution in [-0.4, -0.2) is 67.3 Å². The molecule has 0 aromatic carbocycles. The molecule has 3 atom stereocenters. The zero-order valence-corrected chi connectivity index (χ0v) is 84.5. The van der Waals surface area contributed by atoms with E-state index in [1.54, 1.807) is 0 Å². The first-order chi connectivity index (χ1) is 39.3. The second-order valence-corrected chi connectivity index (χ2v) is 52.9. The monoisotopic (exact) mass is 1870 g/mol. The van der Waals surface area contributed by atoms with Gasteiger partial charge in [0.05, 0.1) is 13.6 Å². The third-order valence-corrected chi connectivity index (χ3v) is 20.9. The molecule has 0 saturated carbocycles. The molecule has 0 amide bonds. The van der Waals surface area contributed by atoms with Gasteiger partial charge in [0, 0.05) is 34.1 Å². The van der Waals surface area contributed by atoms with Gasteiger partial charge < -0.3 is 5.11 Å². The summed E-state index contributed by atoms with van der Waals surface area (Å²) in [4.78, 5) is 0. The van der Waals surface area contributed by atoms with Crippen LogP contribution >= 0.6 is 429 Å². The standard InChI is InChI=1S/C6H14S4.C6H14S3.C6H14S2.C5H12S4.C5H12S3.C5H12S2.C4H10S4.C4H10S3.C4H10S2.C3H8S3.C3H8S2.C2H6OS2/c1-2-3-4-5(7)6(8,9)10;1-2-3-4-5-6(7,8)9;1-2-3-4-5-6(7)8;1-2-3-4(6)5(7,8)9;1-2-3-4-5(6,7)8;1-2-3-4-5(6)7;1-2-3(5)4(6,7)8;1-2-3-4(5,6)7;1-2-3-4(5)6;1-2-3(4,5)6;1-2-3(4)5;1-2(3,4)5/h5,7-10H,2-4H2,1H3;7-9H,2-5H2,1H3;6-8H,2-5H2,1H3;4,6-9H,2-3H2,1H3;6-8H,2-4H2,1H3;5-7H,2-4H2,1H3;3,5-8H,2H2,1H3;5-7H,2-3H2,1H3;4-6H,2-3H2,1H3;4-6H,2H2,1H3;3-5H,2H2,1H3;3-5H,1H3. The Labute approximate surface area is 735 Å². The molecule has 0 radical (unpaired) electrons. The molecule has 0 fully saturated rings. The van der Waals surface area contributed by atoms with Gasteiger partial charge in [-0.15, -0.1) is 25.3 Å². The number of rotatable bonds is 29. The molecule has 0 aliphatic rings. The Balaban J connectivity index is -0.0000000720. The molecule has 1 nitrogen and oxygen atoms in total. The molecule has 0 spiro atoms. The van der Waals surface area contributed by atoms with E-state index in [0.717, 1.165) is 96.3 Å². The van der Waals surface area contributed by atoms with Crippen molar-refractivity contribution in [3.05, 3.63) is 0 Å². The van der Waals surface area contributed by atoms with Crippen LogP contribution in [0.2, 0.25) is 0 Å². The van der Waals surface area contributed by atoms with E-state index >= 15 is 0 Å². The number of hydrogen-bond acceptors (Lipinski definition) is 35. The normalized spacial score (nSPS) is 12.6. The van der Waals surface area contributed by atoms with E-state index in [1.807, 2.05) is 20.8 Å². The average molecular weight is 1870 g/mol. The SMILES string of the molecule is CC(O)(S)S.CCC(S)(S)S.CCC(S)C(S)(S)S.CCC(S)S.CCCC(S)(S)S.CCCC(S)C(S)(S)S.CCCC(S)S.CCCCC(S)(S)S.CCCCC(S)C(S)(S)S.CCCCC(S)S.CCCCCC(S)(S)S.CCCCCC(S)S. The summed E-state index contributed by atoms with van der Waals surface area (Å²) in [5.41, 5.74) is 0. The molecule has 35 heteroatoms. The first-order valence-corrected chi connectivity index (χ1v) is 45.1. The molecule has 552 valence electrons. The summed E-state index contributed by atoms with van der Waals surface area (Å²) >= 11 is 138. The molecule has 0 saturated heterocycles. The van der Waals surface area contributed by atoms with Crippen LogP contribution in [0.25, 0.3) is 0 Å². The fraction of sp³-hybridized carbons (Fsp3) is 1.00. The van der Waals surface area contributed by atoms with Crippen molar-refractivity contribution in [3.63, 3.8) is 0 Å². The molecule has 0 rings (SSSR count). The van der Waals surface area contributed by atoms with Crippen molar-refractivity contribution in [1.82, 2.24) is 0 Å². The van der Waals surface area contributed by atoms with Gasteiger partial charge in [-0.25, -0.2) is 0 Å². The van der Waals surface area contributed by atoms with Gasteiger partial charge in [-0.3, -0.25) is 0 Å². The van der Waals surface area contributed by atoms with E-state index in [1.165, 1.54) is 77.6 Å². The molecule has 0 aliphatic heterocycles. The molecular formula is C53H130OS34. The molecule has 0 aliphatic carbocycles. The highest BCUT2D eigenvalue weighted by molar-refractivity contribution is 8.20. The second kappa shape index (κ2) is 82.9. The number of aliphatic hydroxyl groups is 1. The number of hydrogen-bond donors (Lipinski definition) is 35. The van der Waals surface area contributed by atoms with Crippen LogP contribution in [0.1, 0.15) is 250 Å². The van der Waals surface area contributed by atoms with Crippen LogP contribution in [-0.2, 0) is 0 Å². The summed E-state index contributed by atoms with van der Waals surface area (Å²) in [5.74, 6) is 0. The Hall–Kier alpha value is 11.9. The zero-order chi connectivity index (χ0) is 73.4. The summed E-state index contributed by atoms with van der Waals surface area (Å²) in [6.45, 7) is 24.7. The lowest BCUT2D eigenvalue weighted by Crippen LogP contribution is -2.19. The lowest BCUT2D eigenvalue weighted by Gasteiger charge is -2.22. The number of thiol groups is 34. The minimum absolute atomic E-state index is 0.137. The van der Waals surface area contributed by atoms with Crippen molar-refractivity contribution in [2.24, 2.45) is 0 Å². The molecule has 88 heavy (non-hydrogen) atoms. The summed E-state index contributed by atoms with van der Waals surface area (Å²) in [6.07, 6.45) is 29.2. The van der Waals surface area contributed by atoms with Gasteiger partial charge in [0.2, 0.25) is 0 Å². The Bertz CT molecular complexity index is 1250. The maximum Gasteiger partial charge on any atom is 0.148 e. The van der Waals surface area contributed by atoms with Crippen LogP contribution in [0.4, 0.5) is 0 Å². The lowest BCUT2D eigenvalue weighted by atomic mass is 10.2. The van der Waals surface area contributed by atoms with Crippen molar-refractivity contribution < 1.29 is 5.11 Å². The minimum atomic E-state index is -1.11. The molecule has 3 unspecified atom stereocenters. The van der Waals surface area contributed by atoms with Gasteiger partial charge in [-0.1, -0.05) is 172 Å². The van der Waals surface area contributed by atoms with Gasteiger partial charge in [0.25, 0.3) is 0 Å². The van der Waals surface area contributed by atoms with Gasteiger partial charge in [0.1, 0.15) is 14.5 Å². The molecule has 1 N–H and O–H groups in total. The maximum absolute atomic E-state index is 8.25. The molecule has 0 aromatic heterocycles. The van der Waals surface area contributed by atoms with Crippen molar-refractivity contribution in [3.8, 4) is 0 Å². The van der Waals surface area contributed by atoms with Crippen LogP contribution < -0.4 is 0 Å². The fourth-order valence-electron chi connectivity index (χ4n) is 3.92.